The Balaban J connectivity index is 3.07. The second-order valence-corrected chi connectivity index (χ2v) is 4.54. The zero-order valence-corrected chi connectivity index (χ0v) is 10.1. The zero-order valence-electron chi connectivity index (χ0n) is 9.32. The largest absolute Gasteiger partial charge is 0.534 e. The summed E-state index contributed by atoms with van der Waals surface area (Å²) in [4.78, 5) is 0. The minimum absolute atomic E-state index is 0.0485. The number of hydrogen-bond donors (Lipinski definition) is 0. The second kappa shape index (κ2) is 4.92. The second-order valence-electron chi connectivity index (χ2n) is 3.00. The van der Waals surface area contributed by atoms with Crippen LogP contribution in [0.3, 0.4) is 0 Å². The topological polar surface area (TPSA) is 61.8 Å². The van der Waals surface area contributed by atoms with Gasteiger partial charge in [0.15, 0.2) is 11.5 Å². The van der Waals surface area contributed by atoms with Crippen LogP contribution in [0.2, 0.25) is 0 Å². The summed E-state index contributed by atoms with van der Waals surface area (Å²) in [7, 11) is -3.12. The molecule has 18 heavy (non-hydrogen) atoms. The van der Waals surface area contributed by atoms with Gasteiger partial charge in [-0.25, -0.2) is 0 Å². The van der Waals surface area contributed by atoms with Crippen molar-refractivity contribution in [1.82, 2.24) is 0 Å². The summed E-state index contributed by atoms with van der Waals surface area (Å²) in [5.74, 6) is -0.244. The molecule has 102 valence electrons. The van der Waals surface area contributed by atoms with Crippen LogP contribution in [0.5, 0.6) is 17.2 Å². The van der Waals surface area contributed by atoms with E-state index in [4.69, 9.17) is 9.47 Å². The molecule has 0 N–H and O–H groups in total. The molecule has 0 radical (unpaired) electrons. The first kappa shape index (κ1) is 14.4. The van der Waals surface area contributed by atoms with Crippen LogP contribution < -0.4 is 13.7 Å². The Morgan fingerprint density at radius 3 is 2.06 bits per heavy atom. The molecule has 0 spiro atoms. The summed E-state index contributed by atoms with van der Waals surface area (Å²) in [6, 6.07) is 3.22. The van der Waals surface area contributed by atoms with Gasteiger partial charge < -0.3 is 13.7 Å². The van der Waals surface area contributed by atoms with Gasteiger partial charge in [-0.1, -0.05) is 0 Å². The fraction of sp³-hybridized carbons (Fsp3) is 0.333. The van der Waals surface area contributed by atoms with Crippen LogP contribution in [0, 0.1) is 0 Å². The first-order valence-electron chi connectivity index (χ1n) is 4.44. The van der Waals surface area contributed by atoms with Crippen LogP contribution >= 0.6 is 0 Å². The molecule has 0 atom stereocenters. The molecule has 0 aliphatic rings. The molecule has 1 aromatic carbocycles. The Kier molecular flexibility index (Phi) is 3.95. The summed E-state index contributed by atoms with van der Waals surface area (Å²) in [5.41, 5.74) is -5.49. The minimum Gasteiger partial charge on any atom is -0.493 e. The van der Waals surface area contributed by atoms with E-state index in [1.54, 1.807) is 0 Å². The van der Waals surface area contributed by atoms with Gasteiger partial charge in [0, 0.05) is 6.07 Å². The number of methoxy groups -OCH3 is 2. The summed E-state index contributed by atoms with van der Waals surface area (Å²) in [6.07, 6.45) is 0. The van der Waals surface area contributed by atoms with Gasteiger partial charge >= 0.3 is 15.6 Å². The third-order valence-corrected chi connectivity index (χ3v) is 2.82. The predicted molar refractivity (Wildman–Crippen MR) is 55.1 cm³/mol. The molecular formula is C9H9F3O5S. The molecule has 0 aromatic heterocycles. The highest BCUT2D eigenvalue weighted by atomic mass is 32.2. The lowest BCUT2D eigenvalue weighted by Crippen LogP contribution is -2.28. The first-order valence-corrected chi connectivity index (χ1v) is 5.85. The number of ether oxygens (including phenoxy) is 2. The normalized spacial score (nSPS) is 12.1. The lowest BCUT2D eigenvalue weighted by atomic mass is 10.3. The van der Waals surface area contributed by atoms with Crippen molar-refractivity contribution >= 4 is 10.1 Å². The third-order valence-electron chi connectivity index (χ3n) is 1.84. The standard InChI is InChI=1S/C9H9F3O5S/c1-15-7-4-3-6(5-8(7)16-2)17-18(13,14)9(10,11)12/h3-5H,1-2H3. The Morgan fingerprint density at radius 1 is 1.06 bits per heavy atom. The number of alkyl halides is 3. The maximum Gasteiger partial charge on any atom is 0.534 e. The molecule has 9 heteroatoms. The fourth-order valence-corrected chi connectivity index (χ4v) is 1.49. The van der Waals surface area contributed by atoms with Gasteiger partial charge in [0.2, 0.25) is 0 Å². The van der Waals surface area contributed by atoms with E-state index in [2.05, 4.69) is 4.18 Å². The number of rotatable bonds is 4. The van der Waals surface area contributed by atoms with E-state index in [-0.39, 0.29) is 11.5 Å². The van der Waals surface area contributed by atoms with E-state index in [0.29, 0.717) is 0 Å². The van der Waals surface area contributed by atoms with Gasteiger partial charge in [0.1, 0.15) is 5.75 Å². The summed E-state index contributed by atoms with van der Waals surface area (Å²) >= 11 is 0. The van der Waals surface area contributed by atoms with Crippen molar-refractivity contribution in [3.8, 4) is 17.2 Å². The number of halogens is 3. The Labute approximate surface area is 101 Å². The van der Waals surface area contributed by atoms with Crippen molar-refractivity contribution < 1.29 is 35.2 Å². The molecule has 0 saturated heterocycles. The lowest BCUT2D eigenvalue weighted by Gasteiger charge is -2.11. The maximum absolute atomic E-state index is 12.1. The monoisotopic (exact) mass is 286 g/mol. The molecular weight excluding hydrogens is 277 g/mol. The molecule has 0 amide bonds. The molecule has 0 aliphatic carbocycles. The van der Waals surface area contributed by atoms with Crippen molar-refractivity contribution in [3.63, 3.8) is 0 Å². The van der Waals surface area contributed by atoms with E-state index in [1.807, 2.05) is 0 Å². The van der Waals surface area contributed by atoms with E-state index >= 15 is 0 Å². The van der Waals surface area contributed by atoms with Crippen molar-refractivity contribution in [2.24, 2.45) is 0 Å². The molecule has 1 rings (SSSR count). The fourth-order valence-electron chi connectivity index (χ4n) is 1.04. The molecule has 0 fully saturated rings. The molecule has 0 heterocycles. The van der Waals surface area contributed by atoms with Gasteiger partial charge in [-0.3, -0.25) is 0 Å². The molecule has 5 nitrogen and oxygen atoms in total. The average molecular weight is 286 g/mol. The van der Waals surface area contributed by atoms with Crippen LogP contribution in [0.25, 0.3) is 0 Å². The molecule has 0 unspecified atom stereocenters. The average Bonchev–Trinajstić information content (AvgIpc) is 2.26. The first-order chi connectivity index (χ1) is 8.21. The van der Waals surface area contributed by atoms with Gasteiger partial charge in [-0.2, -0.15) is 21.6 Å². The van der Waals surface area contributed by atoms with Crippen LogP contribution in [0.1, 0.15) is 0 Å². The highest BCUT2D eigenvalue weighted by Gasteiger charge is 2.48. The highest BCUT2D eigenvalue weighted by Crippen LogP contribution is 2.33. The number of hydrogen-bond acceptors (Lipinski definition) is 5. The van der Waals surface area contributed by atoms with E-state index in [0.717, 1.165) is 12.1 Å². The van der Waals surface area contributed by atoms with Gasteiger partial charge in [0.25, 0.3) is 0 Å². The van der Waals surface area contributed by atoms with E-state index in [1.165, 1.54) is 20.3 Å². The van der Waals surface area contributed by atoms with E-state index < -0.39 is 21.4 Å². The minimum atomic E-state index is -5.69. The summed E-state index contributed by atoms with van der Waals surface area (Å²) in [5, 5.41) is 0. The predicted octanol–water partition coefficient (Wildman–Crippen LogP) is 1.93. The SMILES string of the molecule is COc1ccc(OS(=O)(=O)C(F)(F)F)cc1OC. The number of benzene rings is 1. The quantitative estimate of drug-likeness (QED) is 0.625. The lowest BCUT2D eigenvalue weighted by molar-refractivity contribution is -0.0500. The van der Waals surface area contributed by atoms with E-state index in [9.17, 15) is 21.6 Å². The summed E-state index contributed by atoms with van der Waals surface area (Å²) < 4.78 is 71.3. The molecule has 0 bridgehead atoms. The maximum atomic E-state index is 12.1. The highest BCUT2D eigenvalue weighted by molar-refractivity contribution is 7.87. The Bertz CT molecular complexity index is 523. The van der Waals surface area contributed by atoms with Crippen molar-refractivity contribution in [2.45, 2.75) is 5.51 Å². The van der Waals surface area contributed by atoms with Crippen LogP contribution in [0.4, 0.5) is 13.2 Å². The Morgan fingerprint density at radius 2 is 1.61 bits per heavy atom. The molecule has 0 aliphatic heterocycles. The molecule has 0 saturated carbocycles. The zero-order chi connectivity index (χ0) is 14.0. The van der Waals surface area contributed by atoms with Crippen LogP contribution in [-0.2, 0) is 10.1 Å². The van der Waals surface area contributed by atoms with Gasteiger partial charge in [-0.15, -0.1) is 0 Å². The van der Waals surface area contributed by atoms with Gasteiger partial charge in [-0.05, 0) is 12.1 Å². The van der Waals surface area contributed by atoms with Crippen molar-refractivity contribution in [3.05, 3.63) is 18.2 Å². The van der Waals surface area contributed by atoms with Crippen molar-refractivity contribution in [2.75, 3.05) is 14.2 Å². The summed E-state index contributed by atoms with van der Waals surface area (Å²) in [6.45, 7) is 0. The van der Waals surface area contributed by atoms with Crippen LogP contribution in [0.15, 0.2) is 18.2 Å². The third kappa shape index (κ3) is 2.97. The smallest absolute Gasteiger partial charge is 0.493 e. The van der Waals surface area contributed by atoms with Crippen LogP contribution in [-0.4, -0.2) is 28.1 Å². The Hall–Kier alpha value is -1.64. The molecule has 1 aromatic rings. The van der Waals surface area contributed by atoms with Crippen molar-refractivity contribution in [1.29, 1.82) is 0 Å². The van der Waals surface area contributed by atoms with Gasteiger partial charge in [0.05, 0.1) is 14.2 Å².